The van der Waals surface area contributed by atoms with Crippen molar-refractivity contribution in [2.75, 3.05) is 13.7 Å². The molecule has 0 aliphatic carbocycles. The molecule has 0 bridgehead atoms. The molecule has 0 saturated carbocycles. The maximum Gasteiger partial charge on any atom is 0.223 e. The molecule has 126 valence electrons. The zero-order chi connectivity index (χ0) is 16.9. The van der Waals surface area contributed by atoms with Crippen molar-refractivity contribution in [2.45, 2.75) is 31.7 Å². The Hall–Kier alpha value is -2.49. The van der Waals surface area contributed by atoms with Crippen molar-refractivity contribution in [3.8, 4) is 11.5 Å². The Balaban J connectivity index is 1.66. The Labute approximate surface area is 142 Å². The Morgan fingerprint density at radius 2 is 1.96 bits per heavy atom. The molecule has 0 spiro atoms. The molecule has 2 aromatic rings. The predicted octanol–water partition coefficient (Wildman–Crippen LogP) is 3.70. The number of para-hydroxylation sites is 1. The number of phenols is 1. The van der Waals surface area contributed by atoms with Gasteiger partial charge in [-0.05, 0) is 48.6 Å². The summed E-state index contributed by atoms with van der Waals surface area (Å²) in [6.45, 7) is 0.802. The van der Waals surface area contributed by atoms with Gasteiger partial charge in [-0.2, -0.15) is 0 Å². The lowest BCUT2D eigenvalue weighted by molar-refractivity contribution is -0.132. The van der Waals surface area contributed by atoms with Gasteiger partial charge in [0.05, 0.1) is 13.2 Å². The first-order chi connectivity index (χ1) is 11.7. The van der Waals surface area contributed by atoms with Gasteiger partial charge in [0.15, 0.2) is 0 Å². The molecular weight excluding hydrogens is 302 g/mol. The van der Waals surface area contributed by atoms with Crippen molar-refractivity contribution in [3.63, 3.8) is 0 Å². The lowest BCUT2D eigenvalue weighted by atomic mass is 10.0. The summed E-state index contributed by atoms with van der Waals surface area (Å²) in [5.41, 5.74) is 1.98. The van der Waals surface area contributed by atoms with Crippen molar-refractivity contribution in [1.29, 1.82) is 0 Å². The maximum atomic E-state index is 12.7. The van der Waals surface area contributed by atoms with Gasteiger partial charge in [0, 0.05) is 13.0 Å². The minimum atomic E-state index is 0.146. The number of rotatable bonds is 5. The van der Waals surface area contributed by atoms with E-state index in [2.05, 4.69) is 0 Å². The number of carbonyl (C=O) groups excluding carboxylic acids is 1. The van der Waals surface area contributed by atoms with Gasteiger partial charge in [0.1, 0.15) is 11.5 Å². The molecule has 1 aliphatic rings. The topological polar surface area (TPSA) is 49.8 Å². The summed E-state index contributed by atoms with van der Waals surface area (Å²) in [7, 11) is 1.65. The molecule has 3 rings (SSSR count). The SMILES string of the molecule is COc1ccc(C2CCCN2C(=O)CCc2ccccc2O)cc1. The van der Waals surface area contributed by atoms with E-state index >= 15 is 0 Å². The molecule has 4 nitrogen and oxygen atoms in total. The fourth-order valence-corrected chi connectivity index (χ4v) is 3.35. The van der Waals surface area contributed by atoms with Crippen LogP contribution in [0.2, 0.25) is 0 Å². The van der Waals surface area contributed by atoms with Gasteiger partial charge in [-0.3, -0.25) is 4.79 Å². The van der Waals surface area contributed by atoms with E-state index in [1.807, 2.05) is 41.3 Å². The van der Waals surface area contributed by atoms with Crippen LogP contribution in [0.5, 0.6) is 11.5 Å². The van der Waals surface area contributed by atoms with E-state index in [-0.39, 0.29) is 17.7 Å². The van der Waals surface area contributed by atoms with Gasteiger partial charge in [0.25, 0.3) is 0 Å². The lowest BCUT2D eigenvalue weighted by Gasteiger charge is -2.25. The first kappa shape index (κ1) is 16.4. The number of likely N-dealkylation sites (tertiary alicyclic amines) is 1. The van der Waals surface area contributed by atoms with Crippen LogP contribution in [0.4, 0.5) is 0 Å². The summed E-state index contributed by atoms with van der Waals surface area (Å²) in [6, 6.07) is 15.3. The van der Waals surface area contributed by atoms with Crippen molar-refractivity contribution >= 4 is 5.91 Å². The molecule has 0 radical (unpaired) electrons. The number of aryl methyl sites for hydroxylation is 1. The van der Waals surface area contributed by atoms with E-state index in [4.69, 9.17) is 4.74 Å². The van der Waals surface area contributed by atoms with E-state index in [1.54, 1.807) is 19.2 Å². The number of phenolic OH excluding ortho intramolecular Hbond substituents is 1. The highest BCUT2D eigenvalue weighted by Gasteiger charge is 2.29. The molecule has 2 aromatic carbocycles. The fourth-order valence-electron chi connectivity index (χ4n) is 3.35. The Kier molecular flexibility index (Phi) is 5.04. The number of carbonyl (C=O) groups is 1. The van der Waals surface area contributed by atoms with Crippen molar-refractivity contribution in [2.24, 2.45) is 0 Å². The molecule has 1 amide bonds. The van der Waals surface area contributed by atoms with Crippen LogP contribution in [0.15, 0.2) is 48.5 Å². The molecular formula is C20H23NO3. The molecule has 1 heterocycles. The Bertz CT molecular complexity index is 696. The highest BCUT2D eigenvalue weighted by molar-refractivity contribution is 5.77. The van der Waals surface area contributed by atoms with Crippen LogP contribution < -0.4 is 4.74 Å². The quantitative estimate of drug-likeness (QED) is 0.912. The van der Waals surface area contributed by atoms with E-state index in [9.17, 15) is 9.90 Å². The Morgan fingerprint density at radius 3 is 2.67 bits per heavy atom. The second-order valence-electron chi connectivity index (χ2n) is 6.15. The molecule has 1 unspecified atom stereocenters. The minimum absolute atomic E-state index is 0.146. The fraction of sp³-hybridized carbons (Fsp3) is 0.350. The third kappa shape index (κ3) is 3.53. The monoisotopic (exact) mass is 325 g/mol. The van der Waals surface area contributed by atoms with Crippen molar-refractivity contribution in [1.82, 2.24) is 4.90 Å². The van der Waals surface area contributed by atoms with Crippen LogP contribution in [-0.4, -0.2) is 29.6 Å². The molecule has 1 N–H and O–H groups in total. The summed E-state index contributed by atoms with van der Waals surface area (Å²) < 4.78 is 5.20. The minimum Gasteiger partial charge on any atom is -0.508 e. The molecule has 1 saturated heterocycles. The van der Waals surface area contributed by atoms with Gasteiger partial charge in [-0.15, -0.1) is 0 Å². The van der Waals surface area contributed by atoms with Crippen LogP contribution in [0.1, 0.15) is 36.4 Å². The number of hydrogen-bond acceptors (Lipinski definition) is 3. The molecule has 1 aliphatic heterocycles. The first-order valence-electron chi connectivity index (χ1n) is 8.39. The number of methoxy groups -OCH3 is 1. The summed E-state index contributed by atoms with van der Waals surface area (Å²) in [4.78, 5) is 14.6. The summed E-state index contributed by atoms with van der Waals surface area (Å²) in [5, 5.41) is 9.83. The molecule has 4 heteroatoms. The summed E-state index contributed by atoms with van der Waals surface area (Å²) in [6.07, 6.45) is 3.01. The first-order valence-corrected chi connectivity index (χ1v) is 8.39. The number of hydrogen-bond donors (Lipinski definition) is 1. The molecule has 24 heavy (non-hydrogen) atoms. The van der Waals surface area contributed by atoms with Crippen LogP contribution >= 0.6 is 0 Å². The van der Waals surface area contributed by atoms with Gasteiger partial charge >= 0.3 is 0 Å². The summed E-state index contributed by atoms with van der Waals surface area (Å²) in [5.74, 6) is 1.24. The van der Waals surface area contributed by atoms with Gasteiger partial charge < -0.3 is 14.7 Å². The normalized spacial score (nSPS) is 17.0. The second kappa shape index (κ2) is 7.39. The average molecular weight is 325 g/mol. The largest absolute Gasteiger partial charge is 0.508 e. The third-order valence-corrected chi connectivity index (χ3v) is 4.67. The van der Waals surface area contributed by atoms with E-state index in [0.717, 1.165) is 36.3 Å². The number of nitrogens with zero attached hydrogens (tertiary/aromatic N) is 1. The lowest BCUT2D eigenvalue weighted by Crippen LogP contribution is -2.30. The summed E-state index contributed by atoms with van der Waals surface area (Å²) >= 11 is 0. The predicted molar refractivity (Wildman–Crippen MR) is 93.1 cm³/mol. The molecule has 1 atom stereocenters. The number of aromatic hydroxyl groups is 1. The van der Waals surface area contributed by atoms with Crippen LogP contribution in [0, 0.1) is 0 Å². The highest BCUT2D eigenvalue weighted by Crippen LogP contribution is 2.33. The third-order valence-electron chi connectivity index (χ3n) is 4.67. The second-order valence-corrected chi connectivity index (χ2v) is 6.15. The number of benzene rings is 2. The number of ether oxygens (including phenoxy) is 1. The zero-order valence-electron chi connectivity index (χ0n) is 13.9. The van der Waals surface area contributed by atoms with Crippen LogP contribution in [-0.2, 0) is 11.2 Å². The number of amides is 1. The van der Waals surface area contributed by atoms with Crippen LogP contribution in [0.3, 0.4) is 0 Å². The van der Waals surface area contributed by atoms with Crippen molar-refractivity contribution in [3.05, 3.63) is 59.7 Å². The highest BCUT2D eigenvalue weighted by atomic mass is 16.5. The maximum absolute atomic E-state index is 12.7. The van der Waals surface area contributed by atoms with Gasteiger partial charge in [-0.1, -0.05) is 30.3 Å². The van der Waals surface area contributed by atoms with Gasteiger partial charge in [-0.25, -0.2) is 0 Å². The van der Waals surface area contributed by atoms with Crippen molar-refractivity contribution < 1.29 is 14.6 Å². The molecule has 0 aromatic heterocycles. The molecule has 1 fully saturated rings. The zero-order valence-corrected chi connectivity index (χ0v) is 13.9. The van der Waals surface area contributed by atoms with Crippen LogP contribution in [0.25, 0.3) is 0 Å². The van der Waals surface area contributed by atoms with Gasteiger partial charge in [0.2, 0.25) is 5.91 Å². The standard InChI is InChI=1S/C20H23NO3/c1-24-17-11-8-15(9-12-17)18-6-4-14-21(18)20(23)13-10-16-5-2-3-7-19(16)22/h2-3,5,7-9,11-12,18,22H,4,6,10,13-14H2,1H3. The van der Waals surface area contributed by atoms with E-state index in [0.29, 0.717) is 12.8 Å². The average Bonchev–Trinajstić information content (AvgIpc) is 3.10. The Morgan fingerprint density at radius 1 is 1.21 bits per heavy atom. The van der Waals surface area contributed by atoms with E-state index < -0.39 is 0 Å². The smallest absolute Gasteiger partial charge is 0.223 e. The van der Waals surface area contributed by atoms with E-state index in [1.165, 1.54) is 0 Å².